The maximum atomic E-state index is 11.8. The first-order valence-electron chi connectivity index (χ1n) is 3.28. The van der Waals surface area contributed by atoms with Gasteiger partial charge in [-0.25, -0.2) is 0 Å². The van der Waals surface area contributed by atoms with Crippen LogP contribution in [0.2, 0.25) is 0 Å². The van der Waals surface area contributed by atoms with Crippen LogP contribution in [-0.4, -0.2) is 30.2 Å². The lowest BCUT2D eigenvalue weighted by atomic mass is 10.2. The molecular formula is C6H10F3NO2. The number of aliphatic hydroxyl groups is 1. The third kappa shape index (κ3) is 3.08. The highest BCUT2D eigenvalue weighted by molar-refractivity contribution is 5.88. The molecule has 0 aromatic heterocycles. The molecule has 0 radical (unpaired) electrons. The minimum Gasteiger partial charge on any atom is -0.399 e. The van der Waals surface area contributed by atoms with E-state index in [1.54, 1.807) is 0 Å². The molecule has 1 N–H and O–H groups in total. The van der Waals surface area contributed by atoms with Gasteiger partial charge in [0.05, 0.1) is 5.71 Å². The summed E-state index contributed by atoms with van der Waals surface area (Å²) in [6.07, 6.45) is -7.20. The minimum absolute atomic E-state index is 0.00544. The molecule has 1 unspecified atom stereocenters. The maximum absolute atomic E-state index is 11.8. The number of halogens is 3. The van der Waals surface area contributed by atoms with E-state index in [2.05, 4.69) is 9.99 Å². The van der Waals surface area contributed by atoms with Crippen LogP contribution in [0.25, 0.3) is 0 Å². The first-order valence-corrected chi connectivity index (χ1v) is 3.28. The van der Waals surface area contributed by atoms with Crippen molar-refractivity contribution in [2.24, 2.45) is 5.16 Å². The van der Waals surface area contributed by atoms with Gasteiger partial charge in [0.15, 0.2) is 6.10 Å². The van der Waals surface area contributed by atoms with Gasteiger partial charge in [-0.15, -0.1) is 0 Å². The van der Waals surface area contributed by atoms with Crippen LogP contribution in [-0.2, 0) is 4.84 Å². The standard InChI is InChI=1S/C6H10F3NO2/c1-3-4(10-12-2)5(11)6(7,8)9/h5,11H,3H2,1-2H3/b10-4+. The number of hydrogen-bond donors (Lipinski definition) is 1. The van der Waals surface area contributed by atoms with Crippen molar-refractivity contribution < 1.29 is 23.1 Å². The summed E-state index contributed by atoms with van der Waals surface area (Å²) in [6, 6.07) is 0. The van der Waals surface area contributed by atoms with Crippen molar-refractivity contribution >= 4 is 5.71 Å². The van der Waals surface area contributed by atoms with Crippen LogP contribution in [0.4, 0.5) is 13.2 Å². The highest BCUT2D eigenvalue weighted by Crippen LogP contribution is 2.21. The Labute approximate surface area is 67.8 Å². The largest absolute Gasteiger partial charge is 0.419 e. The van der Waals surface area contributed by atoms with Crippen LogP contribution in [0.5, 0.6) is 0 Å². The number of aliphatic hydroxyl groups excluding tert-OH is 1. The van der Waals surface area contributed by atoms with E-state index >= 15 is 0 Å². The Bertz CT molecular complexity index is 167. The van der Waals surface area contributed by atoms with E-state index in [4.69, 9.17) is 5.11 Å². The van der Waals surface area contributed by atoms with Crippen molar-refractivity contribution in [3.05, 3.63) is 0 Å². The Morgan fingerprint density at radius 2 is 2.08 bits per heavy atom. The van der Waals surface area contributed by atoms with Gasteiger partial charge < -0.3 is 9.94 Å². The van der Waals surface area contributed by atoms with Gasteiger partial charge in [-0.1, -0.05) is 12.1 Å². The molecule has 0 saturated heterocycles. The number of alkyl halides is 3. The lowest BCUT2D eigenvalue weighted by molar-refractivity contribution is -0.182. The molecule has 0 rings (SSSR count). The van der Waals surface area contributed by atoms with Gasteiger partial charge in [0.25, 0.3) is 0 Å². The second kappa shape index (κ2) is 4.30. The molecule has 0 aromatic carbocycles. The fraction of sp³-hybridized carbons (Fsp3) is 0.833. The summed E-state index contributed by atoms with van der Waals surface area (Å²) in [7, 11) is 1.12. The molecule has 0 bridgehead atoms. The molecule has 0 saturated carbocycles. The molecule has 0 aliphatic heterocycles. The van der Waals surface area contributed by atoms with Crippen LogP contribution < -0.4 is 0 Å². The number of oxime groups is 1. The predicted octanol–water partition coefficient (Wildman–Crippen LogP) is 1.32. The van der Waals surface area contributed by atoms with Crippen LogP contribution >= 0.6 is 0 Å². The van der Waals surface area contributed by atoms with E-state index in [0.29, 0.717) is 0 Å². The van der Waals surface area contributed by atoms with E-state index < -0.39 is 18.0 Å². The fourth-order valence-corrected chi connectivity index (χ4v) is 0.614. The molecule has 1 atom stereocenters. The Kier molecular flexibility index (Phi) is 4.02. The van der Waals surface area contributed by atoms with Gasteiger partial charge >= 0.3 is 6.18 Å². The first kappa shape index (κ1) is 11.2. The summed E-state index contributed by atoms with van der Waals surface area (Å²) in [4.78, 5) is 4.14. The molecular weight excluding hydrogens is 175 g/mol. The summed E-state index contributed by atoms with van der Waals surface area (Å²) in [5, 5.41) is 11.7. The van der Waals surface area contributed by atoms with Crippen LogP contribution in [0.1, 0.15) is 13.3 Å². The van der Waals surface area contributed by atoms with E-state index in [0.717, 1.165) is 7.11 Å². The van der Waals surface area contributed by atoms with Crippen LogP contribution in [0.15, 0.2) is 5.16 Å². The Hall–Kier alpha value is -0.780. The monoisotopic (exact) mass is 185 g/mol. The van der Waals surface area contributed by atoms with Crippen LogP contribution in [0.3, 0.4) is 0 Å². The molecule has 6 heteroatoms. The van der Waals surface area contributed by atoms with Crippen molar-refractivity contribution in [2.45, 2.75) is 25.6 Å². The third-order valence-electron chi connectivity index (χ3n) is 1.20. The van der Waals surface area contributed by atoms with Crippen molar-refractivity contribution in [2.75, 3.05) is 7.11 Å². The predicted molar refractivity (Wildman–Crippen MR) is 36.8 cm³/mol. The summed E-state index contributed by atoms with van der Waals surface area (Å²) < 4.78 is 35.5. The maximum Gasteiger partial charge on any atom is 0.419 e. The van der Waals surface area contributed by atoms with Gasteiger partial charge in [-0.3, -0.25) is 0 Å². The van der Waals surface area contributed by atoms with Crippen LogP contribution in [0, 0.1) is 0 Å². The summed E-state index contributed by atoms with van der Waals surface area (Å²) in [5.41, 5.74) is -0.426. The summed E-state index contributed by atoms with van der Waals surface area (Å²) in [6.45, 7) is 1.45. The quantitative estimate of drug-likeness (QED) is 0.532. The highest BCUT2D eigenvalue weighted by Gasteiger charge is 2.41. The van der Waals surface area contributed by atoms with E-state index in [9.17, 15) is 13.2 Å². The molecule has 12 heavy (non-hydrogen) atoms. The van der Waals surface area contributed by atoms with Crippen molar-refractivity contribution in [3.63, 3.8) is 0 Å². The topological polar surface area (TPSA) is 41.8 Å². The molecule has 0 heterocycles. The Balaban J connectivity index is 4.43. The van der Waals surface area contributed by atoms with Gasteiger partial charge in [0.1, 0.15) is 7.11 Å². The fourth-order valence-electron chi connectivity index (χ4n) is 0.614. The van der Waals surface area contributed by atoms with E-state index in [1.165, 1.54) is 6.92 Å². The zero-order valence-electron chi connectivity index (χ0n) is 6.72. The highest BCUT2D eigenvalue weighted by atomic mass is 19.4. The van der Waals surface area contributed by atoms with Gasteiger partial charge in [0.2, 0.25) is 0 Å². The Morgan fingerprint density at radius 3 is 2.33 bits per heavy atom. The lowest BCUT2D eigenvalue weighted by Crippen LogP contribution is -2.36. The normalized spacial score (nSPS) is 16.0. The average molecular weight is 185 g/mol. The Morgan fingerprint density at radius 1 is 1.58 bits per heavy atom. The van der Waals surface area contributed by atoms with Crippen molar-refractivity contribution in [1.82, 2.24) is 0 Å². The van der Waals surface area contributed by atoms with Gasteiger partial charge in [0, 0.05) is 0 Å². The molecule has 0 aliphatic carbocycles. The number of nitrogens with zero attached hydrogens (tertiary/aromatic N) is 1. The summed E-state index contributed by atoms with van der Waals surface area (Å²) >= 11 is 0. The number of rotatable bonds is 3. The minimum atomic E-state index is -4.67. The molecule has 0 amide bonds. The van der Waals surface area contributed by atoms with Crippen molar-refractivity contribution in [3.8, 4) is 0 Å². The second-order valence-electron chi connectivity index (χ2n) is 2.06. The molecule has 0 fully saturated rings. The van der Waals surface area contributed by atoms with E-state index in [1.807, 2.05) is 0 Å². The lowest BCUT2D eigenvalue weighted by Gasteiger charge is -2.14. The smallest absolute Gasteiger partial charge is 0.399 e. The van der Waals surface area contributed by atoms with E-state index in [-0.39, 0.29) is 6.42 Å². The summed E-state index contributed by atoms with van der Waals surface area (Å²) in [5.74, 6) is 0. The first-order chi connectivity index (χ1) is 5.43. The van der Waals surface area contributed by atoms with Crippen molar-refractivity contribution in [1.29, 1.82) is 0 Å². The SMILES string of the molecule is CC/C(=N\OC)C(O)C(F)(F)F. The average Bonchev–Trinajstić information content (AvgIpc) is 1.97. The molecule has 0 aliphatic rings. The second-order valence-corrected chi connectivity index (χ2v) is 2.06. The number of hydrogen-bond acceptors (Lipinski definition) is 3. The molecule has 0 spiro atoms. The zero-order chi connectivity index (χ0) is 9.78. The molecule has 3 nitrogen and oxygen atoms in total. The molecule has 72 valence electrons. The third-order valence-corrected chi connectivity index (χ3v) is 1.20. The molecule has 0 aromatic rings. The van der Waals surface area contributed by atoms with Gasteiger partial charge in [-0.05, 0) is 6.42 Å². The zero-order valence-corrected chi connectivity index (χ0v) is 6.72. The van der Waals surface area contributed by atoms with Gasteiger partial charge in [-0.2, -0.15) is 13.2 Å².